The second-order valence-electron chi connectivity index (χ2n) is 6.22. The predicted molar refractivity (Wildman–Crippen MR) is 94.2 cm³/mol. The Labute approximate surface area is 166 Å². The number of benzene rings is 2. The van der Waals surface area contributed by atoms with Gasteiger partial charge in [0, 0.05) is 18.5 Å². The smallest absolute Gasteiger partial charge is 0.231 e. The minimum Gasteiger partial charge on any atom is -0.489 e. The van der Waals surface area contributed by atoms with Gasteiger partial charge in [-0.15, -0.1) is 0 Å². The van der Waals surface area contributed by atoms with Crippen molar-refractivity contribution >= 4 is 11.9 Å². The van der Waals surface area contributed by atoms with Gasteiger partial charge in [0.05, 0.1) is 11.1 Å². The third-order valence-electron chi connectivity index (χ3n) is 4.31. The van der Waals surface area contributed by atoms with Crippen LogP contribution in [0.5, 0.6) is 11.5 Å². The molecule has 0 atom stereocenters. The van der Waals surface area contributed by atoms with Crippen molar-refractivity contribution in [1.82, 2.24) is 4.98 Å². The molecule has 0 fully saturated rings. The number of ether oxygens (including phenoxy) is 2. The van der Waals surface area contributed by atoms with Crippen molar-refractivity contribution in [3.05, 3.63) is 94.3 Å². The minimum absolute atomic E-state index is 0.00752. The molecule has 30 heavy (non-hydrogen) atoms. The molecule has 1 aliphatic heterocycles. The van der Waals surface area contributed by atoms with Crippen LogP contribution in [0.2, 0.25) is 0 Å². The predicted octanol–water partition coefficient (Wildman–Crippen LogP) is 4.97. The Morgan fingerprint density at radius 1 is 0.967 bits per heavy atom. The molecular formula is C21H10F5NO3. The number of carbonyl (C=O) groups excluding carboxylic acids is 1. The molecule has 0 amide bonds. The highest BCUT2D eigenvalue weighted by Gasteiger charge is 2.29. The van der Waals surface area contributed by atoms with E-state index in [-0.39, 0.29) is 28.6 Å². The first kappa shape index (κ1) is 19.6. The second kappa shape index (κ2) is 7.58. The van der Waals surface area contributed by atoms with E-state index in [4.69, 9.17) is 9.47 Å². The van der Waals surface area contributed by atoms with Crippen molar-refractivity contribution in [2.24, 2.45) is 0 Å². The molecule has 152 valence electrons. The van der Waals surface area contributed by atoms with Crippen LogP contribution in [-0.4, -0.2) is 10.8 Å². The normalized spacial score (nSPS) is 14.0. The van der Waals surface area contributed by atoms with E-state index in [1.54, 1.807) is 18.3 Å². The third-order valence-corrected chi connectivity index (χ3v) is 4.31. The zero-order valence-electron chi connectivity index (χ0n) is 14.9. The maximum Gasteiger partial charge on any atom is 0.231 e. The summed E-state index contributed by atoms with van der Waals surface area (Å²) in [6.07, 6.45) is 4.60. The van der Waals surface area contributed by atoms with Crippen molar-refractivity contribution in [3.63, 3.8) is 0 Å². The van der Waals surface area contributed by atoms with Gasteiger partial charge in [0.2, 0.25) is 11.6 Å². The molecule has 4 nitrogen and oxygen atoms in total. The molecular weight excluding hydrogens is 409 g/mol. The van der Waals surface area contributed by atoms with Crippen LogP contribution in [0.4, 0.5) is 22.0 Å². The number of rotatable bonds is 4. The average Bonchev–Trinajstić information content (AvgIpc) is 3.06. The number of pyridine rings is 1. The number of aromatic nitrogens is 1. The van der Waals surface area contributed by atoms with E-state index in [9.17, 15) is 26.7 Å². The maximum atomic E-state index is 13.8. The minimum atomic E-state index is -2.24. The van der Waals surface area contributed by atoms with Gasteiger partial charge in [-0.25, -0.2) is 22.0 Å². The van der Waals surface area contributed by atoms with Gasteiger partial charge in [0.1, 0.15) is 18.1 Å². The lowest BCUT2D eigenvalue weighted by Gasteiger charge is -2.10. The van der Waals surface area contributed by atoms with Crippen molar-refractivity contribution in [1.29, 1.82) is 0 Å². The van der Waals surface area contributed by atoms with E-state index < -0.39 is 41.3 Å². The van der Waals surface area contributed by atoms with Crippen LogP contribution >= 0.6 is 0 Å². The fraction of sp³-hybridized carbons (Fsp3) is 0.0476. The Morgan fingerprint density at radius 2 is 1.67 bits per heavy atom. The molecule has 0 spiro atoms. The quantitative estimate of drug-likeness (QED) is 0.259. The number of ketones is 1. The number of carbonyl (C=O) groups is 1. The van der Waals surface area contributed by atoms with E-state index in [2.05, 4.69) is 4.98 Å². The highest BCUT2D eigenvalue weighted by Crippen LogP contribution is 2.35. The van der Waals surface area contributed by atoms with E-state index >= 15 is 0 Å². The summed E-state index contributed by atoms with van der Waals surface area (Å²) in [4.78, 5) is 16.3. The molecule has 0 bridgehead atoms. The molecule has 0 saturated carbocycles. The molecule has 0 aliphatic carbocycles. The number of fused-ring (bicyclic) bond motifs is 1. The van der Waals surface area contributed by atoms with Crippen LogP contribution in [0.1, 0.15) is 21.5 Å². The Balaban J connectivity index is 1.56. The van der Waals surface area contributed by atoms with Crippen molar-refractivity contribution in [3.8, 4) is 11.5 Å². The summed E-state index contributed by atoms with van der Waals surface area (Å²) in [6, 6.07) is 7.38. The van der Waals surface area contributed by atoms with E-state index in [1.165, 1.54) is 30.5 Å². The molecule has 1 aromatic heterocycles. The first-order valence-corrected chi connectivity index (χ1v) is 8.48. The van der Waals surface area contributed by atoms with Crippen LogP contribution in [-0.2, 0) is 6.61 Å². The highest BCUT2D eigenvalue weighted by molar-refractivity contribution is 6.14. The first-order chi connectivity index (χ1) is 14.4. The highest BCUT2D eigenvalue weighted by atomic mass is 19.2. The second-order valence-corrected chi connectivity index (χ2v) is 6.22. The molecule has 0 N–H and O–H groups in total. The van der Waals surface area contributed by atoms with Crippen molar-refractivity contribution in [2.45, 2.75) is 6.61 Å². The molecule has 9 heteroatoms. The summed E-state index contributed by atoms with van der Waals surface area (Å²) >= 11 is 0. The summed E-state index contributed by atoms with van der Waals surface area (Å²) in [5, 5.41) is 0. The molecule has 0 radical (unpaired) electrons. The van der Waals surface area contributed by atoms with Crippen LogP contribution in [0.25, 0.3) is 6.08 Å². The summed E-state index contributed by atoms with van der Waals surface area (Å²) in [6.45, 7) is -0.920. The van der Waals surface area contributed by atoms with Gasteiger partial charge in [-0.1, -0.05) is 6.07 Å². The van der Waals surface area contributed by atoms with E-state index in [0.717, 1.165) is 0 Å². The fourth-order valence-electron chi connectivity index (χ4n) is 2.80. The number of hydrogen-bond acceptors (Lipinski definition) is 4. The molecule has 2 aromatic carbocycles. The Kier molecular flexibility index (Phi) is 4.94. The molecule has 0 saturated heterocycles. The van der Waals surface area contributed by atoms with E-state index in [0.29, 0.717) is 5.56 Å². The van der Waals surface area contributed by atoms with Gasteiger partial charge in [0.15, 0.2) is 29.0 Å². The van der Waals surface area contributed by atoms with Crippen LogP contribution in [0, 0.1) is 29.1 Å². The molecule has 4 rings (SSSR count). The fourth-order valence-corrected chi connectivity index (χ4v) is 2.80. The summed E-state index contributed by atoms with van der Waals surface area (Å²) in [5.74, 6) is -10.5. The molecule has 2 heterocycles. The van der Waals surface area contributed by atoms with Crippen LogP contribution in [0.3, 0.4) is 0 Å². The number of hydrogen-bond donors (Lipinski definition) is 0. The number of Topliss-reactive ketones (excluding diaryl/α,β-unsaturated/α-hetero) is 1. The maximum absolute atomic E-state index is 13.8. The Morgan fingerprint density at radius 3 is 2.33 bits per heavy atom. The third kappa shape index (κ3) is 3.38. The van der Waals surface area contributed by atoms with Gasteiger partial charge in [-0.05, 0) is 29.8 Å². The van der Waals surface area contributed by atoms with Crippen molar-refractivity contribution in [2.75, 3.05) is 0 Å². The standard InChI is InChI=1S/C21H10F5NO3/c22-16-13(17(23)19(25)20(26)18(16)24)9-29-11-3-4-12-14(7-11)30-15(21(12)28)6-10-2-1-5-27-8-10/h1-8H,9H2/b15-6-. The van der Waals surface area contributed by atoms with Gasteiger partial charge in [-0.2, -0.15) is 0 Å². The lowest BCUT2D eigenvalue weighted by atomic mass is 10.1. The van der Waals surface area contributed by atoms with Gasteiger partial charge in [-0.3, -0.25) is 9.78 Å². The summed E-state index contributed by atoms with van der Waals surface area (Å²) in [7, 11) is 0. The molecule has 3 aromatic rings. The number of nitrogens with zero attached hydrogens (tertiary/aromatic N) is 1. The molecule has 1 aliphatic rings. The Bertz CT molecular complexity index is 1170. The average molecular weight is 419 g/mol. The van der Waals surface area contributed by atoms with Crippen LogP contribution < -0.4 is 9.47 Å². The SMILES string of the molecule is O=C1/C(=C/c2cccnc2)Oc2cc(OCc3c(F)c(F)c(F)c(F)c3F)ccc21. The van der Waals surface area contributed by atoms with E-state index in [1.807, 2.05) is 0 Å². The number of allylic oxidation sites excluding steroid dienone is 1. The van der Waals surface area contributed by atoms with Crippen LogP contribution in [0.15, 0.2) is 48.5 Å². The lowest BCUT2D eigenvalue weighted by molar-refractivity contribution is 0.101. The van der Waals surface area contributed by atoms with Crippen molar-refractivity contribution < 1.29 is 36.2 Å². The zero-order chi connectivity index (χ0) is 21.4. The largest absolute Gasteiger partial charge is 0.489 e. The zero-order valence-corrected chi connectivity index (χ0v) is 14.9. The van der Waals surface area contributed by atoms with Gasteiger partial charge in [0.25, 0.3) is 0 Å². The molecule has 0 unspecified atom stereocenters. The van der Waals surface area contributed by atoms with Gasteiger partial charge < -0.3 is 9.47 Å². The number of halogens is 5. The topological polar surface area (TPSA) is 48.4 Å². The lowest BCUT2D eigenvalue weighted by Crippen LogP contribution is -2.09. The van der Waals surface area contributed by atoms with Gasteiger partial charge >= 0.3 is 0 Å². The Hall–Kier alpha value is -3.75. The monoisotopic (exact) mass is 419 g/mol. The summed E-state index contributed by atoms with van der Waals surface area (Å²) < 4.78 is 77.9. The first-order valence-electron chi connectivity index (χ1n) is 8.48. The summed E-state index contributed by atoms with van der Waals surface area (Å²) in [5.41, 5.74) is -0.244.